The first-order valence-corrected chi connectivity index (χ1v) is 8.87. The fraction of sp³-hybridized carbons (Fsp3) is 0.529. The van der Waals surface area contributed by atoms with Gasteiger partial charge >= 0.3 is 6.09 Å². The van der Waals surface area contributed by atoms with Crippen molar-refractivity contribution < 1.29 is 19.4 Å². The van der Waals surface area contributed by atoms with Gasteiger partial charge in [0.15, 0.2) is 0 Å². The van der Waals surface area contributed by atoms with Crippen LogP contribution in [0.25, 0.3) is 0 Å². The van der Waals surface area contributed by atoms with E-state index in [2.05, 4.69) is 15.9 Å². The second kappa shape index (κ2) is 8.37. The minimum atomic E-state index is -0.330. The van der Waals surface area contributed by atoms with Crippen molar-refractivity contribution in [2.24, 2.45) is 5.92 Å². The Hall–Kier alpha value is -1.76. The number of hydrogen-bond acceptors (Lipinski definition) is 4. The van der Waals surface area contributed by atoms with Gasteiger partial charge in [0, 0.05) is 30.7 Å². The van der Waals surface area contributed by atoms with Gasteiger partial charge in [-0.05, 0) is 30.5 Å². The van der Waals surface area contributed by atoms with Gasteiger partial charge in [0.05, 0.1) is 12.2 Å². The van der Waals surface area contributed by atoms with Crippen molar-refractivity contribution in [1.29, 1.82) is 0 Å². The number of carbonyl (C=O) groups is 2. The Balaban J connectivity index is 1.98. The molecule has 1 aliphatic heterocycles. The molecule has 0 spiro atoms. The number of nitrogens with zero attached hydrogens (tertiary/aromatic N) is 2. The minimum Gasteiger partial charge on any atom is -0.507 e. The predicted molar refractivity (Wildman–Crippen MR) is 94.1 cm³/mol. The Bertz CT molecular complexity index is 606. The SMILES string of the molecule is CC(C)COC(=O)N1CCCN(C(=O)c2cc(Br)ccc2O)CC1. The first-order chi connectivity index (χ1) is 11.4. The second-order valence-electron chi connectivity index (χ2n) is 6.27. The number of hydrogen-bond donors (Lipinski definition) is 1. The van der Waals surface area contributed by atoms with Gasteiger partial charge in [0.25, 0.3) is 5.91 Å². The van der Waals surface area contributed by atoms with Crippen LogP contribution in [-0.4, -0.2) is 59.7 Å². The van der Waals surface area contributed by atoms with Crippen LogP contribution in [0.4, 0.5) is 4.79 Å². The average Bonchev–Trinajstić information content (AvgIpc) is 2.80. The van der Waals surface area contributed by atoms with E-state index in [4.69, 9.17) is 4.74 Å². The van der Waals surface area contributed by atoms with Crippen molar-refractivity contribution in [3.05, 3.63) is 28.2 Å². The Kier molecular flexibility index (Phi) is 6.48. The standard InChI is InChI=1S/C17H23BrN2O4/c1-12(2)11-24-17(23)20-7-3-6-19(8-9-20)16(22)14-10-13(18)4-5-15(14)21/h4-5,10,12,21H,3,6-9,11H2,1-2H3. The number of phenolic OH excluding ortho intramolecular Hbond substituents is 1. The first-order valence-electron chi connectivity index (χ1n) is 8.08. The Morgan fingerprint density at radius 2 is 1.88 bits per heavy atom. The summed E-state index contributed by atoms with van der Waals surface area (Å²) in [5, 5.41) is 9.92. The molecule has 1 fully saturated rings. The molecule has 1 aliphatic rings. The van der Waals surface area contributed by atoms with Crippen LogP contribution < -0.4 is 0 Å². The molecule has 0 bridgehead atoms. The highest BCUT2D eigenvalue weighted by Crippen LogP contribution is 2.23. The lowest BCUT2D eigenvalue weighted by Gasteiger charge is -2.22. The summed E-state index contributed by atoms with van der Waals surface area (Å²) in [5.41, 5.74) is 0.264. The smallest absolute Gasteiger partial charge is 0.409 e. The molecule has 0 saturated carbocycles. The molecule has 1 aromatic carbocycles. The van der Waals surface area contributed by atoms with Crippen molar-refractivity contribution in [3.8, 4) is 5.75 Å². The van der Waals surface area contributed by atoms with Crippen LogP contribution in [0.3, 0.4) is 0 Å². The monoisotopic (exact) mass is 398 g/mol. The van der Waals surface area contributed by atoms with Crippen LogP contribution in [0.15, 0.2) is 22.7 Å². The molecule has 132 valence electrons. The van der Waals surface area contributed by atoms with E-state index in [1.54, 1.807) is 21.9 Å². The van der Waals surface area contributed by atoms with E-state index in [1.807, 2.05) is 13.8 Å². The molecule has 1 aromatic rings. The molecule has 0 unspecified atom stereocenters. The maximum absolute atomic E-state index is 12.6. The lowest BCUT2D eigenvalue weighted by atomic mass is 10.1. The van der Waals surface area contributed by atoms with Crippen molar-refractivity contribution in [2.75, 3.05) is 32.8 Å². The van der Waals surface area contributed by atoms with Gasteiger partial charge in [-0.1, -0.05) is 29.8 Å². The number of rotatable bonds is 3. The lowest BCUT2D eigenvalue weighted by molar-refractivity contribution is 0.0743. The third-order valence-electron chi connectivity index (χ3n) is 3.77. The number of amides is 2. The summed E-state index contributed by atoms with van der Waals surface area (Å²) in [5.74, 6) is 0.0188. The predicted octanol–water partition coefficient (Wildman–Crippen LogP) is 3.10. The Labute approximate surface area is 150 Å². The van der Waals surface area contributed by atoms with E-state index >= 15 is 0 Å². The van der Waals surface area contributed by atoms with E-state index in [0.717, 1.165) is 4.47 Å². The summed E-state index contributed by atoms with van der Waals surface area (Å²) in [4.78, 5) is 28.0. The van der Waals surface area contributed by atoms with E-state index in [-0.39, 0.29) is 23.3 Å². The fourth-order valence-corrected chi connectivity index (χ4v) is 2.84. The average molecular weight is 399 g/mol. The van der Waals surface area contributed by atoms with E-state index in [9.17, 15) is 14.7 Å². The Morgan fingerprint density at radius 1 is 1.21 bits per heavy atom. The van der Waals surface area contributed by atoms with Crippen LogP contribution in [0.1, 0.15) is 30.6 Å². The number of carbonyl (C=O) groups excluding carboxylic acids is 2. The molecule has 0 atom stereocenters. The molecule has 0 radical (unpaired) electrons. The summed E-state index contributed by atoms with van der Waals surface area (Å²) in [7, 11) is 0. The van der Waals surface area contributed by atoms with Crippen LogP contribution in [0, 0.1) is 5.92 Å². The highest BCUT2D eigenvalue weighted by Gasteiger charge is 2.25. The third kappa shape index (κ3) is 4.87. The molecule has 2 amide bonds. The maximum Gasteiger partial charge on any atom is 0.409 e. The topological polar surface area (TPSA) is 70.1 Å². The largest absolute Gasteiger partial charge is 0.507 e. The zero-order valence-corrected chi connectivity index (χ0v) is 15.6. The molecular weight excluding hydrogens is 376 g/mol. The zero-order valence-electron chi connectivity index (χ0n) is 14.0. The van der Waals surface area contributed by atoms with Gasteiger partial charge in [-0.2, -0.15) is 0 Å². The summed E-state index contributed by atoms with van der Waals surface area (Å²) < 4.78 is 5.98. The molecule has 2 rings (SSSR count). The van der Waals surface area contributed by atoms with Gasteiger partial charge in [0.1, 0.15) is 5.75 Å². The van der Waals surface area contributed by atoms with E-state index < -0.39 is 0 Å². The van der Waals surface area contributed by atoms with E-state index in [1.165, 1.54) is 6.07 Å². The van der Waals surface area contributed by atoms with Gasteiger partial charge in [-0.15, -0.1) is 0 Å². The quantitative estimate of drug-likeness (QED) is 0.848. The number of halogens is 1. The normalized spacial score (nSPS) is 15.3. The fourth-order valence-electron chi connectivity index (χ4n) is 2.48. The number of phenols is 1. The number of benzene rings is 1. The highest BCUT2D eigenvalue weighted by molar-refractivity contribution is 9.10. The summed E-state index contributed by atoms with van der Waals surface area (Å²) in [6, 6.07) is 4.78. The maximum atomic E-state index is 12.6. The zero-order chi connectivity index (χ0) is 17.7. The Morgan fingerprint density at radius 3 is 2.58 bits per heavy atom. The van der Waals surface area contributed by atoms with Gasteiger partial charge in [-0.3, -0.25) is 4.79 Å². The molecule has 0 aliphatic carbocycles. The van der Waals surface area contributed by atoms with Gasteiger partial charge in [0.2, 0.25) is 0 Å². The lowest BCUT2D eigenvalue weighted by Crippen LogP contribution is -2.38. The van der Waals surface area contributed by atoms with Crippen LogP contribution in [-0.2, 0) is 4.74 Å². The molecule has 0 aromatic heterocycles. The molecule has 7 heteroatoms. The summed E-state index contributed by atoms with van der Waals surface area (Å²) in [6.45, 7) is 6.31. The third-order valence-corrected chi connectivity index (χ3v) is 4.26. The number of aromatic hydroxyl groups is 1. The van der Waals surface area contributed by atoms with Crippen LogP contribution in [0.5, 0.6) is 5.75 Å². The van der Waals surface area contributed by atoms with Crippen molar-refractivity contribution in [1.82, 2.24) is 9.80 Å². The van der Waals surface area contributed by atoms with Gasteiger partial charge < -0.3 is 19.6 Å². The number of ether oxygens (including phenoxy) is 1. The molecule has 1 heterocycles. The van der Waals surface area contributed by atoms with E-state index in [0.29, 0.717) is 45.1 Å². The second-order valence-corrected chi connectivity index (χ2v) is 7.18. The van der Waals surface area contributed by atoms with Crippen LogP contribution >= 0.6 is 15.9 Å². The molecule has 24 heavy (non-hydrogen) atoms. The summed E-state index contributed by atoms with van der Waals surface area (Å²) >= 11 is 3.31. The molecule has 1 N–H and O–H groups in total. The summed E-state index contributed by atoms with van der Waals surface area (Å²) in [6.07, 6.45) is 0.348. The molecule has 6 nitrogen and oxygen atoms in total. The molecule has 1 saturated heterocycles. The van der Waals surface area contributed by atoms with Crippen molar-refractivity contribution in [3.63, 3.8) is 0 Å². The van der Waals surface area contributed by atoms with Gasteiger partial charge in [-0.25, -0.2) is 4.79 Å². The highest BCUT2D eigenvalue weighted by atomic mass is 79.9. The molecular formula is C17H23BrN2O4. The first kappa shape index (κ1) is 18.6. The van der Waals surface area contributed by atoms with Crippen molar-refractivity contribution in [2.45, 2.75) is 20.3 Å². The minimum absolute atomic E-state index is 0.0411. The van der Waals surface area contributed by atoms with Crippen molar-refractivity contribution >= 4 is 27.9 Å². The van der Waals surface area contributed by atoms with Crippen LogP contribution in [0.2, 0.25) is 0 Å².